The molecule has 0 aliphatic carbocycles. The van der Waals surface area contributed by atoms with Gasteiger partial charge in [0.15, 0.2) is 0 Å². The molecule has 2 aromatic carbocycles. The monoisotopic (exact) mass is 337 g/mol. The second kappa shape index (κ2) is 6.86. The number of ether oxygens (including phenoxy) is 1. The van der Waals surface area contributed by atoms with Crippen LogP contribution in [0.25, 0.3) is 10.8 Å². The molecule has 5 nitrogen and oxygen atoms in total. The normalized spacial score (nSPS) is 16.7. The van der Waals surface area contributed by atoms with Crippen LogP contribution in [0.2, 0.25) is 0 Å². The predicted octanol–water partition coefficient (Wildman–Crippen LogP) is 2.64. The lowest BCUT2D eigenvalue weighted by atomic mass is 10.1. The number of β-amino-alcohol motifs (C(OH)–C–C–N with tert-alkyl or cyclic N) is 1. The van der Waals surface area contributed by atoms with E-state index in [0.29, 0.717) is 19.2 Å². The van der Waals surface area contributed by atoms with Crippen molar-refractivity contribution in [2.75, 3.05) is 26.2 Å². The summed E-state index contributed by atoms with van der Waals surface area (Å²) in [4.78, 5) is 2.23. The van der Waals surface area contributed by atoms with Crippen LogP contribution in [0.3, 0.4) is 0 Å². The lowest BCUT2D eigenvalue weighted by Crippen LogP contribution is -2.51. The largest absolute Gasteiger partial charge is 0.491 e. The van der Waals surface area contributed by atoms with Crippen molar-refractivity contribution in [2.24, 2.45) is 0 Å². The molecule has 1 N–H and O–H groups in total. The van der Waals surface area contributed by atoms with Crippen molar-refractivity contribution >= 4 is 10.8 Å². The molecule has 25 heavy (non-hydrogen) atoms. The molecular weight excluding hydrogens is 314 g/mol. The third-order valence-electron chi connectivity index (χ3n) is 4.67. The molecule has 0 amide bonds. The van der Waals surface area contributed by atoms with Crippen LogP contribution >= 0.6 is 0 Å². The number of fused-ring (bicyclic) bond motifs is 1. The number of aliphatic hydroxyl groups excluding tert-OH is 1. The Labute approximate surface area is 147 Å². The molecule has 0 unspecified atom stereocenters. The van der Waals surface area contributed by atoms with Gasteiger partial charge in [-0.2, -0.15) is 5.10 Å². The van der Waals surface area contributed by atoms with E-state index in [1.807, 2.05) is 48.1 Å². The zero-order chi connectivity index (χ0) is 17.2. The maximum absolute atomic E-state index is 10.2. The number of aliphatic hydroxyl groups is 1. The van der Waals surface area contributed by atoms with Crippen LogP contribution in [-0.4, -0.2) is 52.1 Å². The number of aryl methyl sites for hydroxylation is 1. The first-order valence-corrected chi connectivity index (χ1v) is 8.70. The summed E-state index contributed by atoms with van der Waals surface area (Å²) in [5.74, 6) is 0.797. The van der Waals surface area contributed by atoms with Crippen LogP contribution < -0.4 is 4.74 Å². The minimum absolute atomic E-state index is 0.306. The van der Waals surface area contributed by atoms with Gasteiger partial charge in [-0.15, -0.1) is 0 Å². The number of rotatable bonds is 6. The zero-order valence-electron chi connectivity index (χ0n) is 14.4. The molecule has 1 fully saturated rings. The number of hydrogen-bond acceptors (Lipinski definition) is 4. The van der Waals surface area contributed by atoms with Gasteiger partial charge in [-0.25, -0.2) is 0 Å². The minimum atomic E-state index is -0.494. The summed E-state index contributed by atoms with van der Waals surface area (Å²) in [5, 5.41) is 16.9. The highest BCUT2D eigenvalue weighted by Gasteiger charge is 2.29. The lowest BCUT2D eigenvalue weighted by molar-refractivity contribution is 0.0205. The van der Waals surface area contributed by atoms with Crippen molar-refractivity contribution in [1.29, 1.82) is 0 Å². The first-order valence-electron chi connectivity index (χ1n) is 8.70. The maximum Gasteiger partial charge on any atom is 0.120 e. The van der Waals surface area contributed by atoms with Crippen LogP contribution in [0.15, 0.2) is 54.9 Å². The van der Waals surface area contributed by atoms with E-state index in [0.717, 1.165) is 24.2 Å². The van der Waals surface area contributed by atoms with E-state index in [1.165, 1.54) is 10.9 Å². The molecule has 130 valence electrons. The molecule has 1 aliphatic rings. The van der Waals surface area contributed by atoms with Crippen molar-refractivity contribution in [3.63, 3.8) is 0 Å². The van der Waals surface area contributed by atoms with Crippen molar-refractivity contribution in [3.05, 3.63) is 60.4 Å². The fourth-order valence-corrected chi connectivity index (χ4v) is 3.29. The van der Waals surface area contributed by atoms with E-state index in [1.54, 1.807) is 0 Å². The van der Waals surface area contributed by atoms with Crippen LogP contribution in [0.4, 0.5) is 0 Å². The fraction of sp³-hybridized carbons (Fsp3) is 0.350. The fourth-order valence-electron chi connectivity index (χ4n) is 3.29. The number of benzene rings is 2. The first-order chi connectivity index (χ1) is 12.2. The molecule has 1 atom stereocenters. The Morgan fingerprint density at radius 2 is 2.00 bits per heavy atom. The summed E-state index contributed by atoms with van der Waals surface area (Å²) >= 11 is 0. The van der Waals surface area contributed by atoms with Crippen molar-refractivity contribution < 1.29 is 9.84 Å². The molecule has 5 heteroatoms. The standard InChI is InChI=1S/C20H23N3O2/c1-15-9-21-23(10-15)18-11-22(12-18)13-19(24)14-25-20-7-6-16-4-2-3-5-17(16)8-20/h2-10,18-19,24H,11-14H2,1H3/t19-/m0/s1. The first kappa shape index (κ1) is 16.1. The third-order valence-corrected chi connectivity index (χ3v) is 4.67. The molecule has 1 aliphatic heterocycles. The molecule has 0 saturated carbocycles. The number of nitrogens with zero attached hydrogens (tertiary/aromatic N) is 3. The Kier molecular flexibility index (Phi) is 4.42. The van der Waals surface area contributed by atoms with Gasteiger partial charge in [-0.05, 0) is 35.4 Å². The summed E-state index contributed by atoms with van der Waals surface area (Å²) < 4.78 is 7.78. The third kappa shape index (κ3) is 3.67. The molecule has 4 rings (SSSR count). The van der Waals surface area contributed by atoms with E-state index in [9.17, 15) is 5.11 Å². The van der Waals surface area contributed by atoms with Crippen LogP contribution in [0.1, 0.15) is 11.6 Å². The molecular formula is C20H23N3O2. The van der Waals surface area contributed by atoms with Gasteiger partial charge in [-0.3, -0.25) is 9.58 Å². The van der Waals surface area contributed by atoms with E-state index < -0.39 is 6.10 Å². The van der Waals surface area contributed by atoms with Crippen molar-refractivity contribution in [1.82, 2.24) is 14.7 Å². The number of likely N-dealkylation sites (tertiary alicyclic amines) is 1. The Hall–Kier alpha value is -2.37. The van der Waals surface area contributed by atoms with E-state index in [2.05, 4.69) is 28.3 Å². The quantitative estimate of drug-likeness (QED) is 0.751. The summed E-state index contributed by atoms with van der Waals surface area (Å²) in [7, 11) is 0. The Balaban J connectivity index is 1.24. The van der Waals surface area contributed by atoms with E-state index in [4.69, 9.17) is 4.74 Å². The second-order valence-electron chi connectivity index (χ2n) is 6.84. The number of hydrogen-bond donors (Lipinski definition) is 1. The summed E-state index contributed by atoms with van der Waals surface area (Å²) in [6, 6.07) is 14.6. The summed E-state index contributed by atoms with van der Waals surface area (Å²) in [6.45, 7) is 4.83. The molecule has 0 radical (unpaired) electrons. The van der Waals surface area contributed by atoms with Gasteiger partial charge in [-0.1, -0.05) is 30.3 Å². The highest BCUT2D eigenvalue weighted by Crippen LogP contribution is 2.22. The minimum Gasteiger partial charge on any atom is -0.491 e. The maximum atomic E-state index is 10.2. The molecule has 1 saturated heterocycles. The van der Waals surface area contributed by atoms with E-state index >= 15 is 0 Å². The molecule has 0 spiro atoms. The Morgan fingerprint density at radius 3 is 2.76 bits per heavy atom. The highest BCUT2D eigenvalue weighted by atomic mass is 16.5. The molecule has 0 bridgehead atoms. The van der Waals surface area contributed by atoms with Crippen molar-refractivity contribution in [3.8, 4) is 5.75 Å². The van der Waals surface area contributed by atoms with Crippen LogP contribution in [-0.2, 0) is 0 Å². The average Bonchev–Trinajstić information content (AvgIpc) is 3.01. The van der Waals surface area contributed by atoms with Gasteiger partial charge >= 0.3 is 0 Å². The summed E-state index contributed by atoms with van der Waals surface area (Å²) in [6.07, 6.45) is 3.46. The SMILES string of the molecule is Cc1cnn(C2CN(C[C@H](O)COc3ccc4ccccc4c3)C2)c1. The predicted molar refractivity (Wildman–Crippen MR) is 97.9 cm³/mol. The Morgan fingerprint density at radius 1 is 1.20 bits per heavy atom. The van der Waals surface area contributed by atoms with Gasteiger partial charge in [0, 0.05) is 25.8 Å². The van der Waals surface area contributed by atoms with Gasteiger partial charge < -0.3 is 9.84 Å². The van der Waals surface area contributed by atoms with Crippen molar-refractivity contribution in [2.45, 2.75) is 19.1 Å². The van der Waals surface area contributed by atoms with Crippen LogP contribution in [0.5, 0.6) is 5.75 Å². The van der Waals surface area contributed by atoms with Crippen LogP contribution in [0, 0.1) is 6.92 Å². The average molecular weight is 337 g/mol. The van der Waals surface area contributed by atoms with Gasteiger partial charge in [0.05, 0.1) is 12.2 Å². The molecule has 3 aromatic rings. The molecule has 1 aromatic heterocycles. The van der Waals surface area contributed by atoms with Gasteiger partial charge in [0.1, 0.15) is 18.5 Å². The number of aromatic nitrogens is 2. The zero-order valence-corrected chi connectivity index (χ0v) is 14.4. The Bertz CT molecular complexity index is 855. The smallest absolute Gasteiger partial charge is 0.120 e. The van der Waals surface area contributed by atoms with Gasteiger partial charge in [0.2, 0.25) is 0 Å². The lowest BCUT2D eigenvalue weighted by Gasteiger charge is -2.40. The second-order valence-corrected chi connectivity index (χ2v) is 6.84. The van der Waals surface area contributed by atoms with E-state index in [-0.39, 0.29) is 0 Å². The van der Waals surface area contributed by atoms with Gasteiger partial charge in [0.25, 0.3) is 0 Å². The summed E-state index contributed by atoms with van der Waals surface area (Å²) in [5.41, 5.74) is 1.18. The molecule has 2 heterocycles. The topological polar surface area (TPSA) is 50.5 Å². The highest BCUT2D eigenvalue weighted by molar-refractivity contribution is 5.83.